The van der Waals surface area contributed by atoms with Crippen molar-refractivity contribution in [2.45, 2.75) is 32.7 Å². The van der Waals surface area contributed by atoms with Crippen molar-refractivity contribution in [2.75, 3.05) is 25.2 Å². The molecular formula is C20H25NO5S3. The normalized spacial score (nSPS) is 22.7. The Hall–Kier alpha value is -1.58. The van der Waals surface area contributed by atoms with Gasteiger partial charge in [0.25, 0.3) is 5.91 Å². The van der Waals surface area contributed by atoms with E-state index in [0.717, 1.165) is 12.0 Å². The summed E-state index contributed by atoms with van der Waals surface area (Å²) in [5, 5.41) is 0. The topological polar surface area (TPSA) is 72.9 Å². The van der Waals surface area contributed by atoms with Crippen LogP contribution in [0.1, 0.15) is 32.3 Å². The second-order valence-corrected chi connectivity index (χ2v) is 11.5. The molecule has 1 atom stereocenters. The molecule has 0 aliphatic carbocycles. The fourth-order valence-corrected chi connectivity index (χ4v) is 6.32. The monoisotopic (exact) mass is 455 g/mol. The minimum Gasteiger partial charge on any atom is -0.493 e. The maximum absolute atomic E-state index is 12.8. The van der Waals surface area contributed by atoms with Crippen molar-refractivity contribution in [3.8, 4) is 11.5 Å². The number of sulfone groups is 1. The SMILES string of the molecule is COc1cc(/C=C2\SC(=S)N(C3CCS(=O)(=O)C3)C2=O)ccc1OCCC(C)C. The van der Waals surface area contributed by atoms with Crippen LogP contribution >= 0.6 is 24.0 Å². The second kappa shape index (κ2) is 9.06. The Balaban J connectivity index is 1.76. The maximum atomic E-state index is 12.8. The van der Waals surface area contributed by atoms with Gasteiger partial charge in [-0.15, -0.1) is 0 Å². The third kappa shape index (κ3) is 5.32. The van der Waals surface area contributed by atoms with Crippen LogP contribution in [-0.2, 0) is 14.6 Å². The predicted molar refractivity (Wildman–Crippen MR) is 120 cm³/mol. The van der Waals surface area contributed by atoms with Crippen molar-refractivity contribution >= 4 is 50.1 Å². The molecule has 2 heterocycles. The van der Waals surface area contributed by atoms with Crippen molar-refractivity contribution in [3.63, 3.8) is 0 Å². The second-order valence-electron chi connectivity index (χ2n) is 7.55. The molecule has 1 aromatic carbocycles. The molecule has 0 radical (unpaired) electrons. The third-order valence-electron chi connectivity index (χ3n) is 4.84. The summed E-state index contributed by atoms with van der Waals surface area (Å²) in [6.45, 7) is 4.89. The molecule has 2 aliphatic heterocycles. The molecule has 29 heavy (non-hydrogen) atoms. The van der Waals surface area contributed by atoms with Gasteiger partial charge < -0.3 is 9.47 Å². The fraction of sp³-hybridized carbons (Fsp3) is 0.500. The summed E-state index contributed by atoms with van der Waals surface area (Å²) in [5.74, 6) is 1.65. The number of carbonyl (C=O) groups is 1. The van der Waals surface area contributed by atoms with E-state index in [4.69, 9.17) is 21.7 Å². The average Bonchev–Trinajstić information content (AvgIpc) is 3.13. The molecule has 1 amide bonds. The number of methoxy groups -OCH3 is 1. The number of ether oxygens (including phenoxy) is 2. The number of thiocarbonyl (C=S) groups is 1. The van der Waals surface area contributed by atoms with Crippen molar-refractivity contribution in [1.29, 1.82) is 0 Å². The molecule has 3 rings (SSSR count). The van der Waals surface area contributed by atoms with Gasteiger partial charge in [0.1, 0.15) is 4.32 Å². The molecule has 0 spiro atoms. The summed E-state index contributed by atoms with van der Waals surface area (Å²) in [6, 6.07) is 5.14. The van der Waals surface area contributed by atoms with Gasteiger partial charge in [-0.3, -0.25) is 9.69 Å². The summed E-state index contributed by atoms with van der Waals surface area (Å²) in [5.41, 5.74) is 0.789. The lowest BCUT2D eigenvalue weighted by molar-refractivity contribution is -0.123. The van der Waals surface area contributed by atoms with Crippen LogP contribution in [0.3, 0.4) is 0 Å². The number of hydrogen-bond donors (Lipinski definition) is 0. The molecule has 0 N–H and O–H groups in total. The van der Waals surface area contributed by atoms with Crippen LogP contribution in [0.5, 0.6) is 11.5 Å². The Morgan fingerprint density at radius 1 is 1.34 bits per heavy atom. The van der Waals surface area contributed by atoms with Gasteiger partial charge in [-0.05, 0) is 42.5 Å². The first-order chi connectivity index (χ1) is 13.7. The van der Waals surface area contributed by atoms with Crippen molar-refractivity contribution in [3.05, 3.63) is 28.7 Å². The number of rotatable bonds is 7. The number of carbonyl (C=O) groups excluding carboxylic acids is 1. The van der Waals surface area contributed by atoms with E-state index in [2.05, 4.69) is 13.8 Å². The smallest absolute Gasteiger partial charge is 0.266 e. The highest BCUT2D eigenvalue weighted by molar-refractivity contribution is 8.26. The highest BCUT2D eigenvalue weighted by atomic mass is 32.2. The first-order valence-electron chi connectivity index (χ1n) is 9.48. The Bertz CT molecular complexity index is 939. The van der Waals surface area contributed by atoms with Gasteiger partial charge in [0.2, 0.25) is 0 Å². The zero-order valence-corrected chi connectivity index (χ0v) is 19.2. The highest BCUT2D eigenvalue weighted by Crippen LogP contribution is 2.37. The summed E-state index contributed by atoms with van der Waals surface area (Å²) in [6.07, 6.45) is 3.13. The van der Waals surface area contributed by atoms with Crippen LogP contribution in [0.25, 0.3) is 6.08 Å². The van der Waals surface area contributed by atoms with E-state index in [0.29, 0.717) is 39.7 Å². The quantitative estimate of drug-likeness (QED) is 0.460. The molecule has 0 aromatic heterocycles. The van der Waals surface area contributed by atoms with Crippen LogP contribution in [-0.4, -0.2) is 54.8 Å². The number of amides is 1. The standard InChI is InChI=1S/C20H25NO5S3/c1-13(2)6-8-26-16-5-4-14(10-17(16)25-3)11-18-19(22)21(20(27)28-18)15-7-9-29(23,24)12-15/h4-5,10-11,13,15H,6-9,12H2,1-3H3/b18-11-. The first-order valence-corrected chi connectivity index (χ1v) is 12.5. The van der Waals surface area contributed by atoms with E-state index in [1.54, 1.807) is 13.2 Å². The molecular weight excluding hydrogens is 430 g/mol. The Morgan fingerprint density at radius 2 is 2.10 bits per heavy atom. The van der Waals surface area contributed by atoms with Gasteiger partial charge in [0, 0.05) is 0 Å². The minimum atomic E-state index is -3.10. The van der Waals surface area contributed by atoms with E-state index >= 15 is 0 Å². The predicted octanol–water partition coefficient (Wildman–Crippen LogP) is 3.51. The molecule has 0 bridgehead atoms. The first kappa shape index (κ1) is 22.1. The van der Waals surface area contributed by atoms with Gasteiger partial charge >= 0.3 is 0 Å². The molecule has 1 aromatic rings. The number of thioether (sulfide) groups is 1. The van der Waals surface area contributed by atoms with E-state index in [9.17, 15) is 13.2 Å². The summed E-state index contributed by atoms with van der Waals surface area (Å²) in [7, 11) is -1.52. The average molecular weight is 456 g/mol. The van der Waals surface area contributed by atoms with Gasteiger partial charge in [0.05, 0.1) is 36.2 Å². The van der Waals surface area contributed by atoms with Gasteiger partial charge in [0.15, 0.2) is 21.3 Å². The van der Waals surface area contributed by atoms with E-state index in [1.165, 1.54) is 16.7 Å². The summed E-state index contributed by atoms with van der Waals surface area (Å²) in [4.78, 5) is 14.8. The van der Waals surface area contributed by atoms with Gasteiger partial charge in [-0.2, -0.15) is 0 Å². The molecule has 2 saturated heterocycles. The number of benzene rings is 1. The highest BCUT2D eigenvalue weighted by Gasteiger charge is 2.42. The van der Waals surface area contributed by atoms with Crippen molar-refractivity contribution in [1.82, 2.24) is 4.90 Å². The summed E-state index contributed by atoms with van der Waals surface area (Å²) >= 11 is 6.55. The van der Waals surface area contributed by atoms with Gasteiger partial charge in [-0.1, -0.05) is 43.9 Å². The van der Waals surface area contributed by atoms with Crippen LogP contribution in [0, 0.1) is 5.92 Å². The lowest BCUT2D eigenvalue weighted by atomic mass is 10.1. The molecule has 9 heteroatoms. The molecule has 0 saturated carbocycles. The van der Waals surface area contributed by atoms with Crippen LogP contribution in [0.2, 0.25) is 0 Å². The number of hydrogen-bond acceptors (Lipinski definition) is 7. The zero-order chi connectivity index (χ0) is 21.2. The maximum Gasteiger partial charge on any atom is 0.266 e. The zero-order valence-electron chi connectivity index (χ0n) is 16.7. The van der Waals surface area contributed by atoms with E-state index in [-0.39, 0.29) is 23.5 Å². The van der Waals surface area contributed by atoms with E-state index in [1.807, 2.05) is 18.2 Å². The van der Waals surface area contributed by atoms with Crippen molar-refractivity contribution in [2.24, 2.45) is 5.92 Å². The molecule has 158 valence electrons. The van der Waals surface area contributed by atoms with Gasteiger partial charge in [-0.25, -0.2) is 8.42 Å². The largest absolute Gasteiger partial charge is 0.493 e. The van der Waals surface area contributed by atoms with Crippen molar-refractivity contribution < 1.29 is 22.7 Å². The fourth-order valence-electron chi connectivity index (χ4n) is 3.22. The number of nitrogens with zero attached hydrogens (tertiary/aromatic N) is 1. The molecule has 2 aliphatic rings. The Labute approximate surface area is 181 Å². The molecule has 1 unspecified atom stereocenters. The van der Waals surface area contributed by atoms with E-state index < -0.39 is 9.84 Å². The van der Waals surface area contributed by atoms with Crippen LogP contribution in [0.15, 0.2) is 23.1 Å². The lowest BCUT2D eigenvalue weighted by Crippen LogP contribution is -2.39. The lowest BCUT2D eigenvalue weighted by Gasteiger charge is -2.20. The Morgan fingerprint density at radius 3 is 2.72 bits per heavy atom. The Kier molecular flexibility index (Phi) is 6.90. The van der Waals surface area contributed by atoms with Crippen LogP contribution in [0.4, 0.5) is 0 Å². The molecule has 2 fully saturated rings. The van der Waals surface area contributed by atoms with Crippen LogP contribution < -0.4 is 9.47 Å². The summed E-state index contributed by atoms with van der Waals surface area (Å²) < 4.78 is 35.2. The molecule has 6 nitrogen and oxygen atoms in total. The minimum absolute atomic E-state index is 0.0248. The third-order valence-corrected chi connectivity index (χ3v) is 7.92.